The van der Waals surface area contributed by atoms with E-state index in [1.54, 1.807) is 0 Å². The number of hydrogen-bond acceptors (Lipinski definition) is 2. The molecule has 0 spiro atoms. The zero-order valence-electron chi connectivity index (χ0n) is 13.7. The molecule has 2 heterocycles. The molecule has 1 amide bonds. The van der Waals surface area contributed by atoms with Crippen molar-refractivity contribution in [3.8, 4) is 0 Å². The van der Waals surface area contributed by atoms with Crippen LogP contribution < -0.4 is 5.32 Å². The Labute approximate surface area is 131 Å². The highest BCUT2D eigenvalue weighted by atomic mass is 16.2. The van der Waals surface area contributed by atoms with Crippen LogP contribution in [-0.2, 0) is 16.8 Å². The van der Waals surface area contributed by atoms with Gasteiger partial charge in [-0.05, 0) is 38.8 Å². The van der Waals surface area contributed by atoms with Crippen LogP contribution in [0, 0.1) is 0 Å². The lowest BCUT2D eigenvalue weighted by Gasteiger charge is -2.36. The van der Waals surface area contributed by atoms with Crippen molar-refractivity contribution >= 4 is 16.8 Å². The van der Waals surface area contributed by atoms with Crippen molar-refractivity contribution in [1.29, 1.82) is 0 Å². The molecule has 0 fully saturated rings. The van der Waals surface area contributed by atoms with Crippen molar-refractivity contribution in [3.05, 3.63) is 35.5 Å². The second kappa shape index (κ2) is 5.76. The van der Waals surface area contributed by atoms with Gasteiger partial charge in [0.25, 0.3) is 0 Å². The predicted molar refractivity (Wildman–Crippen MR) is 89.9 cm³/mol. The van der Waals surface area contributed by atoms with Crippen molar-refractivity contribution in [3.63, 3.8) is 0 Å². The number of fused-ring (bicyclic) bond motifs is 3. The highest BCUT2D eigenvalue weighted by molar-refractivity contribution is 5.86. The number of nitrogens with zero attached hydrogens (tertiary/aromatic N) is 1. The van der Waals surface area contributed by atoms with Gasteiger partial charge in [-0.1, -0.05) is 18.2 Å². The Morgan fingerprint density at radius 1 is 1.27 bits per heavy atom. The van der Waals surface area contributed by atoms with E-state index in [4.69, 9.17) is 0 Å². The first kappa shape index (κ1) is 15.1. The average molecular weight is 299 g/mol. The van der Waals surface area contributed by atoms with Gasteiger partial charge in [-0.2, -0.15) is 0 Å². The molecule has 0 aliphatic carbocycles. The molecule has 3 rings (SSSR count). The fourth-order valence-corrected chi connectivity index (χ4v) is 3.62. The molecule has 4 nitrogen and oxygen atoms in total. The summed E-state index contributed by atoms with van der Waals surface area (Å²) in [5.74, 6) is 0.214. The maximum atomic E-state index is 12.6. The zero-order valence-corrected chi connectivity index (χ0v) is 13.7. The van der Waals surface area contributed by atoms with Gasteiger partial charge in [0.15, 0.2) is 0 Å². The molecular formula is C18H25N3O. The Morgan fingerprint density at radius 3 is 2.73 bits per heavy atom. The van der Waals surface area contributed by atoms with Gasteiger partial charge in [-0.25, -0.2) is 0 Å². The van der Waals surface area contributed by atoms with Crippen molar-refractivity contribution in [2.24, 2.45) is 0 Å². The lowest BCUT2D eigenvalue weighted by atomic mass is 9.85. The molecule has 1 aliphatic heterocycles. The first-order valence-corrected chi connectivity index (χ1v) is 8.22. The van der Waals surface area contributed by atoms with Gasteiger partial charge < -0.3 is 15.2 Å². The second-order valence-corrected chi connectivity index (χ2v) is 6.28. The number of para-hydroxylation sites is 1. The molecule has 1 unspecified atom stereocenters. The van der Waals surface area contributed by atoms with Crippen LogP contribution in [0.25, 0.3) is 10.9 Å². The van der Waals surface area contributed by atoms with Crippen LogP contribution in [0.5, 0.6) is 0 Å². The first-order chi connectivity index (χ1) is 10.6. The van der Waals surface area contributed by atoms with E-state index in [1.807, 2.05) is 18.7 Å². The molecule has 1 atom stereocenters. The summed E-state index contributed by atoms with van der Waals surface area (Å²) in [6.45, 7) is 8.66. The van der Waals surface area contributed by atoms with Crippen molar-refractivity contribution in [2.75, 3.05) is 19.6 Å². The van der Waals surface area contributed by atoms with Crippen LogP contribution in [0.1, 0.15) is 38.4 Å². The number of nitrogens with one attached hydrogen (secondary N) is 2. The summed E-state index contributed by atoms with van der Waals surface area (Å²) in [5, 5.41) is 4.86. The topological polar surface area (TPSA) is 48.1 Å². The largest absolute Gasteiger partial charge is 0.357 e. The Balaban J connectivity index is 1.98. The van der Waals surface area contributed by atoms with Crippen molar-refractivity contribution in [2.45, 2.75) is 39.2 Å². The summed E-state index contributed by atoms with van der Waals surface area (Å²) < 4.78 is 0. The summed E-state index contributed by atoms with van der Waals surface area (Å²) in [6, 6.07) is 8.41. The molecule has 0 saturated heterocycles. The Morgan fingerprint density at radius 2 is 2.00 bits per heavy atom. The molecule has 1 aromatic heterocycles. The monoisotopic (exact) mass is 299 g/mol. The quantitative estimate of drug-likeness (QED) is 0.912. The SMILES string of the molecule is CCN(CC)C(=O)CC1(C)NCCc2c1[nH]c1ccccc21. The van der Waals surface area contributed by atoms with Crippen molar-refractivity contribution in [1.82, 2.24) is 15.2 Å². The molecule has 1 aromatic carbocycles. The summed E-state index contributed by atoms with van der Waals surface area (Å²) >= 11 is 0. The number of hydrogen-bond donors (Lipinski definition) is 2. The number of aromatic amines is 1. The van der Waals surface area contributed by atoms with E-state index in [2.05, 4.69) is 41.5 Å². The molecule has 1 aliphatic rings. The number of benzene rings is 1. The minimum Gasteiger partial charge on any atom is -0.357 e. The van der Waals surface area contributed by atoms with Gasteiger partial charge >= 0.3 is 0 Å². The fraction of sp³-hybridized carbons (Fsp3) is 0.500. The van der Waals surface area contributed by atoms with Crippen LogP contribution in [0.2, 0.25) is 0 Å². The lowest BCUT2D eigenvalue weighted by molar-refractivity contribution is -0.132. The first-order valence-electron chi connectivity index (χ1n) is 8.22. The van der Waals surface area contributed by atoms with E-state index >= 15 is 0 Å². The molecule has 0 bridgehead atoms. The van der Waals surface area contributed by atoms with E-state index in [0.29, 0.717) is 6.42 Å². The Bertz CT molecular complexity index is 687. The van der Waals surface area contributed by atoms with Gasteiger partial charge in [0, 0.05) is 36.2 Å². The fourth-order valence-electron chi connectivity index (χ4n) is 3.62. The summed E-state index contributed by atoms with van der Waals surface area (Å²) in [7, 11) is 0. The Kier molecular flexibility index (Phi) is 3.96. The normalized spacial score (nSPS) is 20.9. The van der Waals surface area contributed by atoms with Crippen LogP contribution in [0.4, 0.5) is 0 Å². The average Bonchev–Trinajstić information content (AvgIpc) is 2.89. The summed E-state index contributed by atoms with van der Waals surface area (Å²) in [5.41, 5.74) is 3.40. The number of carbonyl (C=O) groups excluding carboxylic acids is 1. The Hall–Kier alpha value is -1.81. The smallest absolute Gasteiger partial charge is 0.224 e. The third-order valence-electron chi connectivity index (χ3n) is 4.88. The summed E-state index contributed by atoms with van der Waals surface area (Å²) in [4.78, 5) is 18.0. The maximum Gasteiger partial charge on any atom is 0.224 e. The van der Waals surface area contributed by atoms with Crippen LogP contribution in [-0.4, -0.2) is 35.4 Å². The van der Waals surface area contributed by atoms with E-state index in [0.717, 1.165) is 31.6 Å². The van der Waals surface area contributed by atoms with Crippen LogP contribution in [0.3, 0.4) is 0 Å². The third-order valence-corrected chi connectivity index (χ3v) is 4.88. The molecule has 4 heteroatoms. The zero-order chi connectivity index (χ0) is 15.7. The third kappa shape index (κ3) is 2.41. The van der Waals surface area contributed by atoms with Crippen LogP contribution >= 0.6 is 0 Å². The number of aromatic nitrogens is 1. The minimum absolute atomic E-state index is 0.214. The maximum absolute atomic E-state index is 12.6. The number of carbonyl (C=O) groups is 1. The minimum atomic E-state index is -0.313. The highest BCUT2D eigenvalue weighted by Gasteiger charge is 2.37. The van der Waals surface area contributed by atoms with E-state index in [1.165, 1.54) is 16.6 Å². The van der Waals surface area contributed by atoms with Gasteiger partial charge in [0.1, 0.15) is 0 Å². The molecule has 2 N–H and O–H groups in total. The van der Waals surface area contributed by atoms with Gasteiger partial charge in [0.2, 0.25) is 5.91 Å². The second-order valence-electron chi connectivity index (χ2n) is 6.28. The van der Waals surface area contributed by atoms with E-state index in [9.17, 15) is 4.79 Å². The molecule has 2 aromatic rings. The van der Waals surface area contributed by atoms with Gasteiger partial charge in [0.05, 0.1) is 12.0 Å². The van der Waals surface area contributed by atoms with Crippen LogP contribution in [0.15, 0.2) is 24.3 Å². The molecule has 118 valence electrons. The number of H-pyrrole nitrogens is 1. The van der Waals surface area contributed by atoms with Crippen molar-refractivity contribution < 1.29 is 4.79 Å². The molecule has 0 radical (unpaired) electrons. The standard InChI is InChI=1S/C18H25N3O/c1-4-21(5-2)16(22)12-18(3)17-14(10-11-19-18)13-8-6-7-9-15(13)20-17/h6-9,19-20H,4-5,10-12H2,1-3H3. The molecule has 22 heavy (non-hydrogen) atoms. The van der Waals surface area contributed by atoms with Gasteiger partial charge in [-0.3, -0.25) is 4.79 Å². The van der Waals surface area contributed by atoms with E-state index < -0.39 is 0 Å². The lowest BCUT2D eigenvalue weighted by Crippen LogP contribution is -2.48. The van der Waals surface area contributed by atoms with E-state index in [-0.39, 0.29) is 11.4 Å². The number of amides is 1. The molecule has 0 saturated carbocycles. The van der Waals surface area contributed by atoms with Gasteiger partial charge in [-0.15, -0.1) is 0 Å². The number of rotatable bonds is 4. The predicted octanol–water partition coefficient (Wildman–Crippen LogP) is 2.79. The highest BCUT2D eigenvalue weighted by Crippen LogP contribution is 2.35. The molecular weight excluding hydrogens is 274 g/mol. The summed E-state index contributed by atoms with van der Waals surface area (Å²) in [6.07, 6.45) is 1.50.